The average Bonchev–Trinajstić information content (AvgIpc) is 2.66. The number of anilines is 2. The van der Waals surface area contributed by atoms with Gasteiger partial charge < -0.3 is 24.6 Å². The molecule has 3 aromatic rings. The van der Waals surface area contributed by atoms with Crippen molar-refractivity contribution in [2.24, 2.45) is 0 Å². The second kappa shape index (κ2) is 8.52. The molecule has 1 atom stereocenters. The third-order valence-electron chi connectivity index (χ3n) is 3.91. The van der Waals surface area contributed by atoms with E-state index >= 15 is 0 Å². The molecule has 0 bridgehead atoms. The minimum absolute atomic E-state index is 0.163. The Morgan fingerprint density at radius 3 is 2.41 bits per heavy atom. The molecule has 0 spiro atoms. The minimum atomic E-state index is -1.28. The lowest BCUT2D eigenvalue weighted by Crippen LogP contribution is -2.32. The number of ether oxygens (including phenoxy) is 3. The predicted molar refractivity (Wildman–Crippen MR) is 111 cm³/mol. The number of nitrogens with one attached hydrogen (secondary N) is 2. The fourth-order valence-electron chi connectivity index (χ4n) is 2.71. The van der Waals surface area contributed by atoms with Crippen molar-refractivity contribution in [1.82, 2.24) is 4.98 Å². The Labute approximate surface area is 169 Å². The van der Waals surface area contributed by atoms with Crippen LogP contribution in [0.4, 0.5) is 11.5 Å². The van der Waals surface area contributed by atoms with Gasteiger partial charge in [-0.25, -0.2) is 4.98 Å². The number of aromatic nitrogens is 1. The molecule has 2 aromatic carbocycles. The van der Waals surface area contributed by atoms with Crippen LogP contribution >= 0.6 is 0 Å². The van der Waals surface area contributed by atoms with Crippen molar-refractivity contribution in [1.29, 1.82) is 0 Å². The number of methoxy groups -OCH3 is 1. The SMILES string of the molecule is COc1cccc(Oc2ccc3nc(NO)c(NC(O)OC(C)(C)C)cc3c2)c1. The lowest BCUT2D eigenvalue weighted by atomic mass is 10.2. The number of benzene rings is 2. The fourth-order valence-corrected chi connectivity index (χ4v) is 2.71. The summed E-state index contributed by atoms with van der Waals surface area (Å²) in [6.07, 6.45) is -1.28. The van der Waals surface area contributed by atoms with Crippen LogP contribution in [0.5, 0.6) is 17.2 Å². The number of pyridine rings is 1. The molecule has 0 aliphatic rings. The van der Waals surface area contributed by atoms with Gasteiger partial charge in [0.1, 0.15) is 17.2 Å². The van der Waals surface area contributed by atoms with Gasteiger partial charge in [-0.2, -0.15) is 0 Å². The third-order valence-corrected chi connectivity index (χ3v) is 3.91. The fraction of sp³-hybridized carbons (Fsp3) is 0.286. The maximum atomic E-state index is 10.1. The molecule has 154 valence electrons. The molecule has 0 aliphatic heterocycles. The lowest BCUT2D eigenvalue weighted by molar-refractivity contribution is -0.148. The molecule has 8 nitrogen and oxygen atoms in total. The van der Waals surface area contributed by atoms with E-state index in [0.29, 0.717) is 28.5 Å². The van der Waals surface area contributed by atoms with Crippen molar-refractivity contribution in [2.75, 3.05) is 17.9 Å². The van der Waals surface area contributed by atoms with Crippen LogP contribution in [-0.4, -0.2) is 34.4 Å². The molecule has 1 heterocycles. The summed E-state index contributed by atoms with van der Waals surface area (Å²) < 4.78 is 16.6. The Bertz CT molecular complexity index is 988. The number of aliphatic hydroxyl groups excluding tert-OH is 1. The van der Waals surface area contributed by atoms with Gasteiger partial charge in [-0.15, -0.1) is 0 Å². The maximum absolute atomic E-state index is 10.1. The molecule has 29 heavy (non-hydrogen) atoms. The van der Waals surface area contributed by atoms with Gasteiger partial charge in [0.05, 0.1) is 23.9 Å². The van der Waals surface area contributed by atoms with Crippen molar-refractivity contribution in [3.8, 4) is 17.2 Å². The van der Waals surface area contributed by atoms with Crippen molar-refractivity contribution in [2.45, 2.75) is 32.8 Å². The first-order valence-electron chi connectivity index (χ1n) is 9.06. The van der Waals surface area contributed by atoms with E-state index < -0.39 is 12.0 Å². The number of aliphatic hydroxyl groups is 1. The molecule has 0 saturated carbocycles. The number of hydrogen-bond donors (Lipinski definition) is 4. The number of hydrogen-bond acceptors (Lipinski definition) is 8. The van der Waals surface area contributed by atoms with Crippen molar-refractivity contribution in [3.63, 3.8) is 0 Å². The van der Waals surface area contributed by atoms with Crippen molar-refractivity contribution >= 4 is 22.4 Å². The smallest absolute Gasteiger partial charge is 0.236 e. The molecule has 1 unspecified atom stereocenters. The van der Waals surface area contributed by atoms with Crippen LogP contribution in [0.1, 0.15) is 20.8 Å². The van der Waals surface area contributed by atoms with E-state index in [9.17, 15) is 10.3 Å². The van der Waals surface area contributed by atoms with Crippen LogP contribution in [0.25, 0.3) is 10.9 Å². The number of rotatable bonds is 7. The highest BCUT2D eigenvalue weighted by Gasteiger charge is 2.18. The van der Waals surface area contributed by atoms with Crippen LogP contribution in [0.15, 0.2) is 48.5 Å². The van der Waals surface area contributed by atoms with Gasteiger partial charge in [-0.1, -0.05) is 6.07 Å². The van der Waals surface area contributed by atoms with E-state index in [1.807, 2.05) is 50.5 Å². The highest BCUT2D eigenvalue weighted by atomic mass is 16.6. The first-order valence-corrected chi connectivity index (χ1v) is 9.06. The van der Waals surface area contributed by atoms with Gasteiger partial charge in [-0.3, -0.25) is 10.7 Å². The summed E-state index contributed by atoms with van der Waals surface area (Å²) in [6.45, 7) is 5.47. The van der Waals surface area contributed by atoms with Gasteiger partial charge in [0.15, 0.2) is 5.82 Å². The molecule has 0 saturated heterocycles. The molecule has 0 amide bonds. The van der Waals surface area contributed by atoms with Gasteiger partial charge >= 0.3 is 0 Å². The number of nitrogens with zero attached hydrogens (tertiary/aromatic N) is 1. The molecule has 8 heteroatoms. The van der Waals surface area contributed by atoms with E-state index in [2.05, 4.69) is 10.3 Å². The summed E-state index contributed by atoms with van der Waals surface area (Å²) >= 11 is 0. The normalized spacial score (nSPS) is 12.5. The summed E-state index contributed by atoms with van der Waals surface area (Å²) in [6, 6.07) is 14.4. The van der Waals surface area contributed by atoms with Crippen LogP contribution in [0.3, 0.4) is 0 Å². The molecular weight excluding hydrogens is 374 g/mol. The zero-order valence-electron chi connectivity index (χ0n) is 16.8. The average molecular weight is 399 g/mol. The van der Waals surface area contributed by atoms with Crippen LogP contribution in [0.2, 0.25) is 0 Å². The largest absolute Gasteiger partial charge is 0.497 e. The van der Waals surface area contributed by atoms with E-state index in [1.54, 1.807) is 31.4 Å². The molecule has 0 fully saturated rings. The van der Waals surface area contributed by atoms with E-state index in [0.717, 1.165) is 5.39 Å². The highest BCUT2D eigenvalue weighted by molar-refractivity contribution is 5.87. The monoisotopic (exact) mass is 399 g/mol. The Hall–Kier alpha value is -3.07. The predicted octanol–water partition coefficient (Wildman–Crippen LogP) is 4.34. The highest BCUT2D eigenvalue weighted by Crippen LogP contribution is 2.31. The second-order valence-corrected chi connectivity index (χ2v) is 7.36. The summed E-state index contributed by atoms with van der Waals surface area (Å²) in [5, 5.41) is 23.1. The zero-order valence-corrected chi connectivity index (χ0v) is 16.8. The first-order chi connectivity index (χ1) is 13.8. The Balaban J connectivity index is 1.88. The molecular formula is C21H25N3O5. The third kappa shape index (κ3) is 5.47. The van der Waals surface area contributed by atoms with Gasteiger partial charge in [0.2, 0.25) is 6.41 Å². The first kappa shape index (κ1) is 20.7. The summed E-state index contributed by atoms with van der Waals surface area (Å²) in [5.74, 6) is 2.10. The quantitative estimate of drug-likeness (QED) is 0.343. The lowest BCUT2D eigenvalue weighted by Gasteiger charge is -2.25. The summed E-state index contributed by atoms with van der Waals surface area (Å²) in [7, 11) is 1.60. The summed E-state index contributed by atoms with van der Waals surface area (Å²) in [5.41, 5.74) is 2.49. The van der Waals surface area contributed by atoms with E-state index in [4.69, 9.17) is 14.2 Å². The molecule has 0 aliphatic carbocycles. The number of fused-ring (bicyclic) bond motifs is 1. The maximum Gasteiger partial charge on any atom is 0.236 e. The molecule has 1 aromatic heterocycles. The Morgan fingerprint density at radius 2 is 1.72 bits per heavy atom. The van der Waals surface area contributed by atoms with Crippen molar-refractivity contribution < 1.29 is 24.5 Å². The minimum Gasteiger partial charge on any atom is -0.497 e. The topological polar surface area (TPSA) is 105 Å². The van der Waals surface area contributed by atoms with E-state index in [-0.39, 0.29) is 5.82 Å². The Morgan fingerprint density at radius 1 is 1.00 bits per heavy atom. The Kier molecular flexibility index (Phi) is 6.07. The zero-order chi connectivity index (χ0) is 21.0. The molecule has 4 N–H and O–H groups in total. The second-order valence-electron chi connectivity index (χ2n) is 7.36. The van der Waals surface area contributed by atoms with Crippen LogP contribution < -0.4 is 20.3 Å². The van der Waals surface area contributed by atoms with Crippen LogP contribution in [-0.2, 0) is 4.74 Å². The van der Waals surface area contributed by atoms with Crippen LogP contribution in [0, 0.1) is 0 Å². The molecule has 3 rings (SSSR count). The van der Waals surface area contributed by atoms with Gasteiger partial charge in [0, 0.05) is 11.5 Å². The summed E-state index contributed by atoms with van der Waals surface area (Å²) in [4.78, 5) is 4.35. The van der Waals surface area contributed by atoms with Gasteiger partial charge in [-0.05, 0) is 57.2 Å². The van der Waals surface area contributed by atoms with Crippen molar-refractivity contribution in [3.05, 3.63) is 48.5 Å². The van der Waals surface area contributed by atoms with Gasteiger partial charge in [0.25, 0.3) is 0 Å². The standard InChI is InChI=1S/C21H25N3O5/c1-21(2,3)29-20(25)23-18-11-13-10-16(8-9-17(13)22-19(18)24-26)28-15-7-5-6-14(12-15)27-4/h5-12,20,23,25-26H,1-4H3,(H,22,24). The van der Waals surface area contributed by atoms with E-state index in [1.165, 1.54) is 0 Å². The molecule has 0 radical (unpaired) electrons.